The topological polar surface area (TPSA) is 63.7 Å². The van der Waals surface area contributed by atoms with E-state index in [2.05, 4.69) is 22.6 Å². The Bertz CT molecular complexity index is 747. The molecular weight excluding hydrogens is 465 g/mol. The fourth-order valence-electron chi connectivity index (χ4n) is 3.58. The van der Waals surface area contributed by atoms with Crippen LogP contribution in [0, 0.1) is 6.92 Å². The van der Waals surface area contributed by atoms with E-state index >= 15 is 0 Å². The van der Waals surface area contributed by atoms with Crippen molar-refractivity contribution in [3.05, 3.63) is 29.8 Å². The molecule has 1 aliphatic heterocycles. The number of aryl methyl sites for hydroxylation is 1. The summed E-state index contributed by atoms with van der Waals surface area (Å²) in [6.07, 6.45) is 1.71. The second-order valence-electron chi connectivity index (χ2n) is 7.43. The molecule has 0 saturated carbocycles. The number of nitrogens with zero attached hydrogens (tertiary/aromatic N) is 1. The predicted molar refractivity (Wildman–Crippen MR) is 111 cm³/mol. The van der Waals surface area contributed by atoms with Gasteiger partial charge < -0.3 is 4.74 Å². The summed E-state index contributed by atoms with van der Waals surface area (Å²) >= 11 is 2.28. The van der Waals surface area contributed by atoms with Crippen LogP contribution in [0.1, 0.15) is 52.5 Å². The molecule has 1 fully saturated rings. The highest BCUT2D eigenvalue weighted by atomic mass is 127. The van der Waals surface area contributed by atoms with Gasteiger partial charge in [0.1, 0.15) is 6.04 Å². The van der Waals surface area contributed by atoms with Crippen molar-refractivity contribution in [3.8, 4) is 0 Å². The van der Waals surface area contributed by atoms with Gasteiger partial charge in [-0.2, -0.15) is 4.31 Å². The smallest absolute Gasteiger partial charge is 0.324 e. The highest BCUT2D eigenvalue weighted by Gasteiger charge is 2.57. The maximum Gasteiger partial charge on any atom is 0.324 e. The fraction of sp³-hybridized carbons (Fsp3) is 0.632. The molecule has 0 radical (unpaired) electrons. The average molecular weight is 493 g/mol. The van der Waals surface area contributed by atoms with Crippen LogP contribution in [0.5, 0.6) is 0 Å². The Balaban J connectivity index is 2.54. The molecule has 0 unspecified atom stereocenters. The van der Waals surface area contributed by atoms with Gasteiger partial charge in [0.15, 0.2) is 0 Å². The quantitative estimate of drug-likeness (QED) is 0.341. The standard InChI is InChI=1S/C19H28INO4S/c1-6-11-19(5)17(20)12-16(18(22)25-13(2)3)21(19)26(23,24)15-9-7-14(4)8-10-15/h7-10,13,16-17H,6,11-12H2,1-5H3/t16-,17+,19-/m1/s1. The largest absolute Gasteiger partial charge is 0.462 e. The number of benzene rings is 1. The lowest BCUT2D eigenvalue weighted by Crippen LogP contribution is -2.53. The van der Waals surface area contributed by atoms with E-state index in [1.807, 2.05) is 20.8 Å². The van der Waals surface area contributed by atoms with Gasteiger partial charge in [0.25, 0.3) is 0 Å². The molecule has 0 spiro atoms. The molecule has 1 saturated heterocycles. The van der Waals surface area contributed by atoms with Crippen molar-refractivity contribution < 1.29 is 17.9 Å². The van der Waals surface area contributed by atoms with Gasteiger partial charge in [0.05, 0.1) is 11.0 Å². The number of ether oxygens (including phenoxy) is 1. The Morgan fingerprint density at radius 1 is 1.35 bits per heavy atom. The van der Waals surface area contributed by atoms with Crippen molar-refractivity contribution in [1.29, 1.82) is 0 Å². The molecule has 0 aliphatic carbocycles. The maximum atomic E-state index is 13.5. The Hall–Kier alpha value is -0.670. The third kappa shape index (κ3) is 4.09. The molecule has 1 aromatic rings. The number of carbonyl (C=O) groups is 1. The van der Waals surface area contributed by atoms with Crippen LogP contribution in [0.25, 0.3) is 0 Å². The van der Waals surface area contributed by atoms with Crippen molar-refractivity contribution in [3.63, 3.8) is 0 Å². The SMILES string of the molecule is CCC[C@]1(C)[C@@H](I)C[C@H](C(=O)OC(C)C)N1S(=O)(=O)c1ccc(C)cc1. The molecule has 1 aliphatic rings. The summed E-state index contributed by atoms with van der Waals surface area (Å²) in [6.45, 7) is 9.45. The third-order valence-electron chi connectivity index (χ3n) is 4.85. The summed E-state index contributed by atoms with van der Waals surface area (Å²) in [5.41, 5.74) is 0.365. The highest BCUT2D eigenvalue weighted by Crippen LogP contribution is 2.45. The number of alkyl halides is 1. The first-order chi connectivity index (χ1) is 12.0. The molecule has 1 heterocycles. The van der Waals surface area contributed by atoms with Crippen molar-refractivity contribution in [1.82, 2.24) is 4.31 Å². The zero-order chi connectivity index (χ0) is 19.7. The van der Waals surface area contributed by atoms with Gasteiger partial charge in [0.2, 0.25) is 10.0 Å². The molecule has 0 N–H and O–H groups in total. The Morgan fingerprint density at radius 2 is 1.92 bits per heavy atom. The van der Waals surface area contributed by atoms with Gasteiger partial charge in [-0.25, -0.2) is 8.42 Å². The zero-order valence-electron chi connectivity index (χ0n) is 16.0. The number of hydrogen-bond acceptors (Lipinski definition) is 4. The van der Waals surface area contributed by atoms with Crippen LogP contribution in [0.2, 0.25) is 0 Å². The number of sulfonamides is 1. The molecular formula is C19H28INO4S. The van der Waals surface area contributed by atoms with Gasteiger partial charge in [-0.1, -0.05) is 53.6 Å². The number of carbonyl (C=O) groups excluding carboxylic acids is 1. The van der Waals surface area contributed by atoms with Gasteiger partial charge in [0, 0.05) is 9.46 Å². The number of rotatable bonds is 6. The second kappa shape index (κ2) is 8.14. The fourth-order valence-corrected chi connectivity index (χ4v) is 6.85. The molecule has 0 amide bonds. The Kier molecular flexibility index (Phi) is 6.77. The first-order valence-corrected chi connectivity index (χ1v) is 11.7. The minimum absolute atomic E-state index is 0.0324. The third-order valence-corrected chi connectivity index (χ3v) is 8.76. The van der Waals surface area contributed by atoms with Gasteiger partial charge >= 0.3 is 5.97 Å². The van der Waals surface area contributed by atoms with Crippen LogP contribution in [-0.4, -0.2) is 40.3 Å². The number of halogens is 1. The second-order valence-corrected chi connectivity index (χ2v) is 10.7. The zero-order valence-corrected chi connectivity index (χ0v) is 19.0. The van der Waals surface area contributed by atoms with E-state index in [1.165, 1.54) is 4.31 Å². The molecule has 7 heteroatoms. The van der Waals surface area contributed by atoms with Crippen molar-refractivity contribution in [2.75, 3.05) is 0 Å². The van der Waals surface area contributed by atoms with E-state index in [0.717, 1.165) is 12.0 Å². The van der Waals surface area contributed by atoms with Crippen molar-refractivity contribution in [2.45, 2.75) is 80.4 Å². The molecule has 5 nitrogen and oxygen atoms in total. The van der Waals surface area contributed by atoms with Crippen LogP contribution in [-0.2, 0) is 19.6 Å². The van der Waals surface area contributed by atoms with Crippen LogP contribution in [0.3, 0.4) is 0 Å². The highest BCUT2D eigenvalue weighted by molar-refractivity contribution is 14.1. The molecule has 0 aromatic heterocycles. The molecule has 1 aromatic carbocycles. The van der Waals surface area contributed by atoms with Crippen molar-refractivity contribution >= 4 is 38.6 Å². The van der Waals surface area contributed by atoms with Crippen LogP contribution < -0.4 is 0 Å². The van der Waals surface area contributed by atoms with E-state index < -0.39 is 27.6 Å². The molecule has 26 heavy (non-hydrogen) atoms. The van der Waals surface area contributed by atoms with Gasteiger partial charge in [-0.3, -0.25) is 4.79 Å². The van der Waals surface area contributed by atoms with Gasteiger partial charge in [-0.05, 0) is 52.7 Å². The lowest BCUT2D eigenvalue weighted by Gasteiger charge is -2.38. The molecule has 146 valence electrons. The average Bonchev–Trinajstić information content (AvgIpc) is 2.80. The number of esters is 1. The Morgan fingerprint density at radius 3 is 2.42 bits per heavy atom. The lowest BCUT2D eigenvalue weighted by molar-refractivity contribution is -0.152. The lowest BCUT2D eigenvalue weighted by atomic mass is 9.94. The van der Waals surface area contributed by atoms with Crippen molar-refractivity contribution in [2.24, 2.45) is 0 Å². The number of hydrogen-bond donors (Lipinski definition) is 0. The molecule has 3 atom stereocenters. The summed E-state index contributed by atoms with van der Waals surface area (Å²) < 4.78 is 33.8. The van der Waals surface area contributed by atoms with E-state index in [1.54, 1.807) is 38.1 Å². The van der Waals surface area contributed by atoms with E-state index in [9.17, 15) is 13.2 Å². The summed E-state index contributed by atoms with van der Waals surface area (Å²) in [4.78, 5) is 12.9. The monoisotopic (exact) mass is 493 g/mol. The minimum Gasteiger partial charge on any atom is -0.462 e. The van der Waals surface area contributed by atoms with E-state index in [0.29, 0.717) is 12.8 Å². The molecule has 0 bridgehead atoms. The minimum atomic E-state index is -3.82. The van der Waals surface area contributed by atoms with Gasteiger partial charge in [-0.15, -0.1) is 0 Å². The van der Waals surface area contributed by atoms with E-state index in [4.69, 9.17) is 4.74 Å². The van der Waals surface area contributed by atoms with E-state index in [-0.39, 0.29) is 14.9 Å². The summed E-state index contributed by atoms with van der Waals surface area (Å²) in [6, 6.07) is 6.00. The first-order valence-electron chi connectivity index (χ1n) is 8.99. The maximum absolute atomic E-state index is 13.5. The molecule has 2 rings (SSSR count). The van der Waals surface area contributed by atoms with Crippen LogP contribution in [0.15, 0.2) is 29.2 Å². The predicted octanol–water partition coefficient (Wildman–Crippen LogP) is 4.07. The normalized spacial score (nSPS) is 27.0. The Labute approximate surface area is 170 Å². The summed E-state index contributed by atoms with van der Waals surface area (Å²) in [5, 5.41) is 0. The van der Waals surface area contributed by atoms with Crippen LogP contribution >= 0.6 is 22.6 Å². The summed E-state index contributed by atoms with van der Waals surface area (Å²) in [7, 11) is -3.82. The summed E-state index contributed by atoms with van der Waals surface area (Å²) in [5.74, 6) is -0.461. The van der Waals surface area contributed by atoms with Crippen LogP contribution in [0.4, 0.5) is 0 Å². The first kappa shape index (κ1) is 21.6.